The van der Waals surface area contributed by atoms with Gasteiger partial charge in [0.15, 0.2) is 5.75 Å². The summed E-state index contributed by atoms with van der Waals surface area (Å²) in [7, 11) is 1.67. The molecule has 0 aliphatic carbocycles. The summed E-state index contributed by atoms with van der Waals surface area (Å²) in [5, 5.41) is 4.30. The van der Waals surface area contributed by atoms with E-state index in [1.165, 1.54) is 4.68 Å². The van der Waals surface area contributed by atoms with E-state index in [1.807, 2.05) is 38.1 Å². The average molecular weight is 284 g/mol. The predicted molar refractivity (Wildman–Crippen MR) is 84.7 cm³/mol. The topological polar surface area (TPSA) is 44.1 Å². The zero-order valence-corrected chi connectivity index (χ0v) is 12.7. The zero-order valence-electron chi connectivity index (χ0n) is 12.7. The predicted octanol–water partition coefficient (Wildman–Crippen LogP) is 2.88. The standard InChI is InChI=1S/C17H20N2O2/c1-5-11-21-16-14(6-2)18-19(4)17(20)15(16)13-10-8-7-9-12(13)3/h5,7-10H,1,6,11H2,2-4H3. The van der Waals surface area contributed by atoms with E-state index in [9.17, 15) is 4.79 Å². The molecule has 0 radical (unpaired) electrons. The third-order valence-electron chi connectivity index (χ3n) is 3.36. The van der Waals surface area contributed by atoms with Crippen molar-refractivity contribution in [3.63, 3.8) is 0 Å². The summed E-state index contributed by atoms with van der Waals surface area (Å²) in [5.74, 6) is 0.565. The van der Waals surface area contributed by atoms with Crippen molar-refractivity contribution >= 4 is 0 Å². The van der Waals surface area contributed by atoms with Crippen molar-refractivity contribution in [3.05, 3.63) is 58.5 Å². The maximum atomic E-state index is 12.6. The monoisotopic (exact) mass is 284 g/mol. The van der Waals surface area contributed by atoms with Crippen LogP contribution in [0, 0.1) is 6.92 Å². The molecule has 4 heteroatoms. The number of rotatable bonds is 5. The molecule has 2 rings (SSSR count). The lowest BCUT2D eigenvalue weighted by molar-refractivity contribution is 0.355. The molecule has 0 aliphatic heterocycles. The normalized spacial score (nSPS) is 10.4. The van der Waals surface area contributed by atoms with Crippen molar-refractivity contribution in [3.8, 4) is 16.9 Å². The van der Waals surface area contributed by atoms with Gasteiger partial charge in [-0.05, 0) is 24.5 Å². The Morgan fingerprint density at radius 1 is 1.38 bits per heavy atom. The van der Waals surface area contributed by atoms with Crippen LogP contribution in [0.4, 0.5) is 0 Å². The van der Waals surface area contributed by atoms with Crippen molar-refractivity contribution in [1.82, 2.24) is 9.78 Å². The van der Waals surface area contributed by atoms with Crippen LogP contribution in [-0.2, 0) is 13.5 Å². The highest BCUT2D eigenvalue weighted by molar-refractivity contribution is 5.73. The Kier molecular flexibility index (Phi) is 4.58. The van der Waals surface area contributed by atoms with Gasteiger partial charge in [0.25, 0.3) is 5.56 Å². The third kappa shape index (κ3) is 2.89. The van der Waals surface area contributed by atoms with Crippen LogP contribution in [0.15, 0.2) is 41.7 Å². The Morgan fingerprint density at radius 3 is 2.71 bits per heavy atom. The summed E-state index contributed by atoms with van der Waals surface area (Å²) in [6.07, 6.45) is 2.36. The van der Waals surface area contributed by atoms with Crippen LogP contribution < -0.4 is 10.3 Å². The van der Waals surface area contributed by atoms with Gasteiger partial charge in [-0.15, -0.1) is 0 Å². The van der Waals surface area contributed by atoms with Gasteiger partial charge in [0, 0.05) is 7.05 Å². The van der Waals surface area contributed by atoms with Gasteiger partial charge < -0.3 is 4.74 Å². The number of ether oxygens (including phenoxy) is 1. The molecule has 0 aliphatic rings. The molecule has 2 aromatic rings. The first kappa shape index (κ1) is 15.0. The molecule has 4 nitrogen and oxygen atoms in total. The molecule has 1 aromatic carbocycles. The van der Waals surface area contributed by atoms with Crippen LogP contribution in [0.5, 0.6) is 5.75 Å². The van der Waals surface area contributed by atoms with Crippen LogP contribution in [-0.4, -0.2) is 16.4 Å². The van der Waals surface area contributed by atoms with Gasteiger partial charge in [-0.1, -0.05) is 43.8 Å². The van der Waals surface area contributed by atoms with E-state index in [0.717, 1.165) is 16.8 Å². The molecule has 110 valence electrons. The second kappa shape index (κ2) is 6.39. The van der Waals surface area contributed by atoms with E-state index < -0.39 is 0 Å². The largest absolute Gasteiger partial charge is 0.487 e. The maximum Gasteiger partial charge on any atom is 0.278 e. The van der Waals surface area contributed by atoms with E-state index in [-0.39, 0.29) is 5.56 Å². The molecule has 0 unspecified atom stereocenters. The molecular weight excluding hydrogens is 264 g/mol. The number of aryl methyl sites for hydroxylation is 3. The lowest BCUT2D eigenvalue weighted by atomic mass is 10.00. The van der Waals surface area contributed by atoms with Crippen molar-refractivity contribution in [1.29, 1.82) is 0 Å². The van der Waals surface area contributed by atoms with Gasteiger partial charge in [-0.3, -0.25) is 4.79 Å². The molecule has 21 heavy (non-hydrogen) atoms. The Labute approximate surface area is 124 Å². The van der Waals surface area contributed by atoms with Crippen molar-refractivity contribution in [2.45, 2.75) is 20.3 Å². The highest BCUT2D eigenvalue weighted by Gasteiger charge is 2.19. The molecule has 0 amide bonds. The molecule has 0 fully saturated rings. The fraction of sp³-hybridized carbons (Fsp3) is 0.294. The molecule has 1 aromatic heterocycles. The first-order valence-electron chi connectivity index (χ1n) is 7.00. The Morgan fingerprint density at radius 2 is 2.10 bits per heavy atom. The maximum absolute atomic E-state index is 12.6. The molecule has 0 atom stereocenters. The number of nitrogens with zero attached hydrogens (tertiary/aromatic N) is 2. The lowest BCUT2D eigenvalue weighted by Gasteiger charge is -2.16. The average Bonchev–Trinajstić information content (AvgIpc) is 2.49. The lowest BCUT2D eigenvalue weighted by Crippen LogP contribution is -2.24. The molecule has 1 heterocycles. The molecular formula is C17H20N2O2. The summed E-state index contributed by atoms with van der Waals surface area (Å²) in [5.41, 5.74) is 3.11. The molecule has 0 N–H and O–H groups in total. The van der Waals surface area contributed by atoms with Crippen LogP contribution in [0.1, 0.15) is 18.2 Å². The van der Waals surface area contributed by atoms with Gasteiger partial charge in [0.1, 0.15) is 12.3 Å². The summed E-state index contributed by atoms with van der Waals surface area (Å²) < 4.78 is 7.14. The van der Waals surface area contributed by atoms with Gasteiger partial charge >= 0.3 is 0 Å². The minimum atomic E-state index is -0.152. The Balaban J connectivity index is 2.78. The van der Waals surface area contributed by atoms with Crippen molar-refractivity contribution < 1.29 is 4.74 Å². The molecule has 0 spiro atoms. The molecule has 0 saturated carbocycles. The quantitative estimate of drug-likeness (QED) is 0.793. The van der Waals surface area contributed by atoms with Gasteiger partial charge in [-0.25, -0.2) is 4.68 Å². The van der Waals surface area contributed by atoms with E-state index in [1.54, 1.807) is 13.1 Å². The Hall–Kier alpha value is -2.36. The van der Waals surface area contributed by atoms with E-state index >= 15 is 0 Å². The van der Waals surface area contributed by atoms with Gasteiger partial charge in [0.05, 0.1) is 5.56 Å². The SMILES string of the molecule is C=CCOc1c(CC)nn(C)c(=O)c1-c1ccccc1C. The summed E-state index contributed by atoms with van der Waals surface area (Å²) in [6, 6.07) is 7.80. The highest BCUT2D eigenvalue weighted by atomic mass is 16.5. The number of hydrogen-bond acceptors (Lipinski definition) is 3. The summed E-state index contributed by atoms with van der Waals surface area (Å²) >= 11 is 0. The van der Waals surface area contributed by atoms with E-state index in [0.29, 0.717) is 24.3 Å². The van der Waals surface area contributed by atoms with Crippen molar-refractivity contribution in [2.75, 3.05) is 6.61 Å². The zero-order chi connectivity index (χ0) is 15.4. The molecule has 0 bridgehead atoms. The van der Waals surface area contributed by atoms with Gasteiger partial charge in [0.2, 0.25) is 0 Å². The van der Waals surface area contributed by atoms with E-state index in [4.69, 9.17) is 4.74 Å². The first-order chi connectivity index (χ1) is 10.1. The first-order valence-corrected chi connectivity index (χ1v) is 7.00. The minimum Gasteiger partial charge on any atom is -0.487 e. The van der Waals surface area contributed by atoms with Gasteiger partial charge in [-0.2, -0.15) is 5.10 Å². The van der Waals surface area contributed by atoms with Crippen molar-refractivity contribution in [2.24, 2.45) is 7.05 Å². The second-order valence-corrected chi connectivity index (χ2v) is 4.85. The minimum absolute atomic E-state index is 0.152. The number of benzene rings is 1. The molecule has 0 saturated heterocycles. The third-order valence-corrected chi connectivity index (χ3v) is 3.36. The van der Waals surface area contributed by atoms with Crippen LogP contribution >= 0.6 is 0 Å². The van der Waals surface area contributed by atoms with Crippen LogP contribution in [0.25, 0.3) is 11.1 Å². The fourth-order valence-electron chi connectivity index (χ4n) is 2.30. The van der Waals surface area contributed by atoms with Crippen LogP contribution in [0.2, 0.25) is 0 Å². The Bertz CT molecular complexity index is 717. The van der Waals surface area contributed by atoms with E-state index in [2.05, 4.69) is 11.7 Å². The summed E-state index contributed by atoms with van der Waals surface area (Å²) in [4.78, 5) is 12.6. The number of hydrogen-bond donors (Lipinski definition) is 0. The second-order valence-electron chi connectivity index (χ2n) is 4.85. The number of aromatic nitrogens is 2. The summed E-state index contributed by atoms with van der Waals surface area (Å²) in [6.45, 7) is 7.99. The smallest absolute Gasteiger partial charge is 0.278 e. The fourth-order valence-corrected chi connectivity index (χ4v) is 2.30. The van der Waals surface area contributed by atoms with Crippen LogP contribution in [0.3, 0.4) is 0 Å². The highest BCUT2D eigenvalue weighted by Crippen LogP contribution is 2.31.